The van der Waals surface area contributed by atoms with Gasteiger partial charge in [0.25, 0.3) is 5.91 Å². The number of nitriles is 1. The third kappa shape index (κ3) is 3.26. The van der Waals surface area contributed by atoms with Gasteiger partial charge in [0.2, 0.25) is 0 Å². The lowest BCUT2D eigenvalue weighted by molar-refractivity contribution is 0.0931. The SMILES string of the molecule is N#Cc1ccc(N2CCC(NC(=O)c3ccsc3)CC2)nc1. The Morgan fingerprint density at radius 2 is 2.18 bits per heavy atom. The first kappa shape index (κ1) is 14.5. The molecule has 1 aliphatic rings. The highest BCUT2D eigenvalue weighted by atomic mass is 32.1. The third-order valence-electron chi connectivity index (χ3n) is 3.81. The van der Waals surface area contributed by atoms with Gasteiger partial charge in [0.05, 0.1) is 5.56 Å². The number of rotatable bonds is 3. The molecular formula is C16H16N4OS. The summed E-state index contributed by atoms with van der Waals surface area (Å²) < 4.78 is 0. The van der Waals surface area contributed by atoms with E-state index in [1.165, 1.54) is 11.3 Å². The minimum Gasteiger partial charge on any atom is -0.356 e. The molecule has 1 N–H and O–H groups in total. The Labute approximate surface area is 133 Å². The summed E-state index contributed by atoms with van der Waals surface area (Å²) >= 11 is 1.53. The minimum atomic E-state index is 0.0104. The predicted molar refractivity (Wildman–Crippen MR) is 86.0 cm³/mol. The van der Waals surface area contributed by atoms with Crippen LogP contribution in [-0.2, 0) is 0 Å². The van der Waals surface area contributed by atoms with Gasteiger partial charge in [-0.2, -0.15) is 16.6 Å². The van der Waals surface area contributed by atoms with Gasteiger partial charge >= 0.3 is 0 Å². The van der Waals surface area contributed by atoms with E-state index in [-0.39, 0.29) is 11.9 Å². The summed E-state index contributed by atoms with van der Waals surface area (Å²) in [7, 11) is 0. The van der Waals surface area contributed by atoms with Crippen molar-refractivity contribution in [2.24, 2.45) is 0 Å². The van der Waals surface area contributed by atoms with Crippen LogP contribution in [0.3, 0.4) is 0 Å². The van der Waals surface area contributed by atoms with Crippen molar-refractivity contribution in [3.05, 3.63) is 46.3 Å². The molecule has 2 aromatic heterocycles. The highest BCUT2D eigenvalue weighted by Gasteiger charge is 2.22. The van der Waals surface area contributed by atoms with Crippen LogP contribution in [0.5, 0.6) is 0 Å². The number of pyridine rings is 1. The molecule has 0 aromatic carbocycles. The molecule has 0 radical (unpaired) electrons. The number of carbonyl (C=O) groups is 1. The van der Waals surface area contributed by atoms with Crippen molar-refractivity contribution in [2.45, 2.75) is 18.9 Å². The van der Waals surface area contributed by atoms with E-state index in [1.807, 2.05) is 22.9 Å². The normalized spacial score (nSPS) is 15.3. The molecule has 3 rings (SSSR count). The van der Waals surface area contributed by atoms with E-state index in [9.17, 15) is 4.79 Å². The Kier molecular flexibility index (Phi) is 4.35. The summed E-state index contributed by atoms with van der Waals surface area (Å²) in [5.74, 6) is 0.901. The van der Waals surface area contributed by atoms with Gasteiger partial charge < -0.3 is 10.2 Å². The summed E-state index contributed by atoms with van der Waals surface area (Å²) in [6.45, 7) is 1.71. The molecule has 2 aromatic rings. The lowest BCUT2D eigenvalue weighted by Gasteiger charge is -2.33. The molecule has 0 atom stereocenters. The van der Waals surface area contributed by atoms with E-state index in [0.29, 0.717) is 5.56 Å². The molecule has 0 aliphatic carbocycles. The molecule has 0 unspecified atom stereocenters. The summed E-state index contributed by atoms with van der Waals surface area (Å²) in [5, 5.41) is 15.7. The van der Waals surface area contributed by atoms with Crippen molar-refractivity contribution in [3.8, 4) is 6.07 Å². The number of nitrogens with zero attached hydrogens (tertiary/aromatic N) is 3. The number of aromatic nitrogens is 1. The standard InChI is InChI=1S/C16H16N4OS/c17-9-12-1-2-15(18-10-12)20-6-3-14(4-7-20)19-16(21)13-5-8-22-11-13/h1-2,5,8,10-11,14H,3-4,6-7H2,(H,19,21). The van der Waals surface area contributed by atoms with Crippen molar-refractivity contribution in [1.82, 2.24) is 10.3 Å². The van der Waals surface area contributed by atoms with Gasteiger partial charge in [-0.3, -0.25) is 4.79 Å². The highest BCUT2D eigenvalue weighted by Crippen LogP contribution is 2.18. The first-order valence-electron chi connectivity index (χ1n) is 7.20. The molecule has 1 amide bonds. The number of piperidine rings is 1. The maximum absolute atomic E-state index is 12.0. The first-order valence-corrected chi connectivity index (χ1v) is 8.15. The number of carbonyl (C=O) groups excluding carboxylic acids is 1. The topological polar surface area (TPSA) is 69.0 Å². The van der Waals surface area contributed by atoms with Crippen LogP contribution in [0.2, 0.25) is 0 Å². The van der Waals surface area contributed by atoms with Gasteiger partial charge in [-0.05, 0) is 36.4 Å². The summed E-state index contributed by atoms with van der Waals surface area (Å²) in [6.07, 6.45) is 3.40. The second-order valence-corrected chi connectivity index (χ2v) is 6.04. The van der Waals surface area contributed by atoms with Gasteiger partial charge in [0.1, 0.15) is 11.9 Å². The van der Waals surface area contributed by atoms with E-state index < -0.39 is 0 Å². The molecule has 6 heteroatoms. The van der Waals surface area contributed by atoms with Crippen molar-refractivity contribution >= 4 is 23.1 Å². The largest absolute Gasteiger partial charge is 0.356 e. The number of hydrogen-bond donors (Lipinski definition) is 1. The smallest absolute Gasteiger partial charge is 0.252 e. The number of amides is 1. The van der Waals surface area contributed by atoms with Crippen LogP contribution in [0, 0.1) is 11.3 Å². The minimum absolute atomic E-state index is 0.0104. The number of hydrogen-bond acceptors (Lipinski definition) is 5. The zero-order valence-electron chi connectivity index (χ0n) is 12.0. The van der Waals surface area contributed by atoms with Gasteiger partial charge in [-0.25, -0.2) is 4.98 Å². The van der Waals surface area contributed by atoms with Crippen LogP contribution < -0.4 is 10.2 Å². The van der Waals surface area contributed by atoms with E-state index in [2.05, 4.69) is 21.3 Å². The van der Waals surface area contributed by atoms with Crippen LogP contribution >= 0.6 is 11.3 Å². The molecule has 1 aliphatic heterocycles. The maximum atomic E-state index is 12.0. The molecule has 112 valence electrons. The molecule has 22 heavy (non-hydrogen) atoms. The van der Waals surface area contributed by atoms with E-state index in [1.54, 1.807) is 12.3 Å². The van der Waals surface area contributed by atoms with Crippen molar-refractivity contribution in [3.63, 3.8) is 0 Å². The maximum Gasteiger partial charge on any atom is 0.252 e. The third-order valence-corrected chi connectivity index (χ3v) is 4.50. The molecule has 3 heterocycles. The average Bonchev–Trinajstić information content (AvgIpc) is 3.10. The first-order chi connectivity index (χ1) is 10.8. The van der Waals surface area contributed by atoms with Crippen molar-refractivity contribution in [1.29, 1.82) is 5.26 Å². The van der Waals surface area contributed by atoms with E-state index in [4.69, 9.17) is 5.26 Å². The fourth-order valence-corrected chi connectivity index (χ4v) is 3.19. The van der Waals surface area contributed by atoms with Crippen LogP contribution in [-0.4, -0.2) is 30.0 Å². The zero-order valence-corrected chi connectivity index (χ0v) is 12.8. The molecule has 1 fully saturated rings. The second-order valence-electron chi connectivity index (χ2n) is 5.26. The molecular weight excluding hydrogens is 296 g/mol. The fraction of sp³-hybridized carbons (Fsp3) is 0.312. The Morgan fingerprint density at radius 1 is 1.36 bits per heavy atom. The van der Waals surface area contributed by atoms with Crippen LogP contribution in [0.4, 0.5) is 5.82 Å². The summed E-state index contributed by atoms with van der Waals surface area (Å²) in [4.78, 5) is 18.5. The molecule has 0 spiro atoms. The zero-order chi connectivity index (χ0) is 15.4. The van der Waals surface area contributed by atoms with Crippen LogP contribution in [0.25, 0.3) is 0 Å². The predicted octanol–water partition coefficient (Wildman–Crippen LogP) is 2.41. The highest BCUT2D eigenvalue weighted by molar-refractivity contribution is 7.08. The second kappa shape index (κ2) is 6.58. The van der Waals surface area contributed by atoms with Crippen molar-refractivity contribution in [2.75, 3.05) is 18.0 Å². The summed E-state index contributed by atoms with van der Waals surface area (Å²) in [6, 6.07) is 7.79. The monoisotopic (exact) mass is 312 g/mol. The number of thiophene rings is 1. The lowest BCUT2D eigenvalue weighted by atomic mass is 10.0. The van der Waals surface area contributed by atoms with E-state index >= 15 is 0 Å². The fourth-order valence-electron chi connectivity index (χ4n) is 2.55. The Bertz CT molecular complexity index is 667. The quantitative estimate of drug-likeness (QED) is 0.945. The van der Waals surface area contributed by atoms with Crippen molar-refractivity contribution < 1.29 is 4.79 Å². The Hall–Kier alpha value is -2.39. The van der Waals surface area contributed by atoms with E-state index in [0.717, 1.165) is 37.3 Å². The van der Waals surface area contributed by atoms with Gasteiger partial charge in [0.15, 0.2) is 0 Å². The Morgan fingerprint density at radius 3 is 2.77 bits per heavy atom. The van der Waals surface area contributed by atoms with Gasteiger partial charge in [0, 0.05) is 36.3 Å². The molecule has 0 bridgehead atoms. The van der Waals surface area contributed by atoms with Gasteiger partial charge in [-0.1, -0.05) is 0 Å². The number of nitrogens with one attached hydrogen (secondary N) is 1. The molecule has 1 saturated heterocycles. The van der Waals surface area contributed by atoms with Gasteiger partial charge in [-0.15, -0.1) is 0 Å². The van der Waals surface area contributed by atoms with Crippen LogP contribution in [0.1, 0.15) is 28.8 Å². The lowest BCUT2D eigenvalue weighted by Crippen LogP contribution is -2.44. The Balaban J connectivity index is 1.54. The average molecular weight is 312 g/mol. The summed E-state index contributed by atoms with van der Waals surface area (Å²) in [5.41, 5.74) is 1.31. The molecule has 5 nitrogen and oxygen atoms in total. The molecule has 0 saturated carbocycles. The van der Waals surface area contributed by atoms with Crippen LogP contribution in [0.15, 0.2) is 35.2 Å². The number of anilines is 1.